The third-order valence-electron chi connectivity index (χ3n) is 2.80. The molecule has 1 aromatic carbocycles. The summed E-state index contributed by atoms with van der Waals surface area (Å²) in [6.45, 7) is 3.45. The number of ketones is 1. The minimum Gasteiger partial charge on any atom is -0.294 e. The molecule has 0 aromatic heterocycles. The van der Waals surface area contributed by atoms with Crippen molar-refractivity contribution in [2.75, 3.05) is 11.5 Å². The third-order valence-corrected chi connectivity index (χ3v) is 4.82. The van der Waals surface area contributed by atoms with Crippen LogP contribution in [0.15, 0.2) is 18.2 Å². The number of hydrogen-bond donors (Lipinski definition) is 0. The van der Waals surface area contributed by atoms with Crippen LogP contribution in [0.3, 0.4) is 0 Å². The number of Topliss-reactive ketones (excluding diaryl/α,β-unsaturated/α-hetero) is 1. The maximum atomic E-state index is 11.9. The molecule has 0 radical (unpaired) electrons. The number of hydrogen-bond acceptors (Lipinski definition) is 3. The average Bonchev–Trinajstić information content (AvgIpc) is 2.32. The predicted octanol–water partition coefficient (Wildman–Crippen LogP) is 3.05. The second-order valence-electron chi connectivity index (χ2n) is 4.22. The first-order valence-corrected chi connectivity index (χ1v) is 8.05. The number of carbonyl (C=O) groups excluding carboxylic acids is 1. The Kier molecular flexibility index (Phi) is 5.35. The van der Waals surface area contributed by atoms with Crippen molar-refractivity contribution in [2.45, 2.75) is 26.7 Å². The number of carbonyl (C=O) groups is 1. The molecule has 0 heterocycles. The quantitative estimate of drug-likeness (QED) is 0.756. The molecule has 5 heteroatoms. The van der Waals surface area contributed by atoms with E-state index in [0.29, 0.717) is 17.0 Å². The zero-order chi connectivity index (χ0) is 13.8. The van der Waals surface area contributed by atoms with Crippen molar-refractivity contribution in [1.82, 2.24) is 0 Å². The predicted molar refractivity (Wildman–Crippen MR) is 74.1 cm³/mol. The maximum absolute atomic E-state index is 11.9. The topological polar surface area (TPSA) is 51.2 Å². The molecule has 0 unspecified atom stereocenters. The summed E-state index contributed by atoms with van der Waals surface area (Å²) in [5.41, 5.74) is 1.44. The van der Waals surface area contributed by atoms with Crippen LogP contribution in [0.2, 0.25) is 5.02 Å². The molecule has 0 N–H and O–H groups in total. The van der Waals surface area contributed by atoms with Gasteiger partial charge < -0.3 is 0 Å². The monoisotopic (exact) mass is 288 g/mol. The molecule has 0 aliphatic rings. The van der Waals surface area contributed by atoms with Crippen LogP contribution in [0, 0.1) is 6.92 Å². The summed E-state index contributed by atoms with van der Waals surface area (Å²) >= 11 is 5.84. The first-order valence-electron chi connectivity index (χ1n) is 5.85. The van der Waals surface area contributed by atoms with E-state index >= 15 is 0 Å². The van der Waals surface area contributed by atoms with Gasteiger partial charge in [-0.15, -0.1) is 0 Å². The van der Waals surface area contributed by atoms with Crippen molar-refractivity contribution in [1.29, 1.82) is 0 Å². The van der Waals surface area contributed by atoms with E-state index in [4.69, 9.17) is 11.6 Å². The lowest BCUT2D eigenvalue weighted by Crippen LogP contribution is -2.11. The molecule has 0 bridgehead atoms. The summed E-state index contributed by atoms with van der Waals surface area (Å²) in [5, 5.41) is 0.519. The minimum absolute atomic E-state index is 0.0543. The fraction of sp³-hybridized carbons (Fsp3) is 0.462. The van der Waals surface area contributed by atoms with E-state index in [-0.39, 0.29) is 23.7 Å². The van der Waals surface area contributed by atoms with Crippen molar-refractivity contribution in [3.8, 4) is 0 Å². The van der Waals surface area contributed by atoms with Gasteiger partial charge in [-0.05, 0) is 31.0 Å². The lowest BCUT2D eigenvalue weighted by molar-refractivity contribution is 0.0981. The van der Waals surface area contributed by atoms with Gasteiger partial charge in [-0.3, -0.25) is 4.79 Å². The Bertz CT molecular complexity index is 535. The smallest absolute Gasteiger partial charge is 0.163 e. The molecule has 1 aromatic rings. The summed E-state index contributed by atoms with van der Waals surface area (Å²) in [5.74, 6) is 0.132. The molecule has 0 aliphatic carbocycles. The molecule has 1 rings (SSSR count). The lowest BCUT2D eigenvalue weighted by Gasteiger charge is -2.05. The highest BCUT2D eigenvalue weighted by Crippen LogP contribution is 2.17. The van der Waals surface area contributed by atoms with Crippen molar-refractivity contribution in [3.05, 3.63) is 34.3 Å². The standard InChI is InChI=1S/C13H17ClO3S/c1-3-18(16,17)8-4-5-13(15)12-9-11(14)7-6-10(12)2/h6-7,9H,3-5,8H2,1-2H3. The summed E-state index contributed by atoms with van der Waals surface area (Å²) in [6.07, 6.45) is 0.599. The van der Waals surface area contributed by atoms with Gasteiger partial charge in [0.15, 0.2) is 5.78 Å². The Balaban J connectivity index is 2.64. The van der Waals surface area contributed by atoms with Gasteiger partial charge in [-0.2, -0.15) is 0 Å². The highest BCUT2D eigenvalue weighted by molar-refractivity contribution is 7.91. The Morgan fingerprint density at radius 3 is 2.61 bits per heavy atom. The lowest BCUT2D eigenvalue weighted by atomic mass is 10.0. The molecular weight excluding hydrogens is 272 g/mol. The summed E-state index contributed by atoms with van der Waals surface area (Å²) < 4.78 is 22.6. The summed E-state index contributed by atoms with van der Waals surface area (Å²) in [6, 6.07) is 5.15. The molecular formula is C13H17ClO3S. The van der Waals surface area contributed by atoms with Gasteiger partial charge in [0.25, 0.3) is 0 Å². The highest BCUT2D eigenvalue weighted by Gasteiger charge is 2.12. The van der Waals surface area contributed by atoms with E-state index in [1.807, 2.05) is 6.92 Å². The molecule has 0 saturated heterocycles. The van der Waals surface area contributed by atoms with Crippen molar-refractivity contribution in [3.63, 3.8) is 0 Å². The number of benzene rings is 1. The number of rotatable bonds is 6. The van der Waals surface area contributed by atoms with E-state index < -0.39 is 9.84 Å². The number of sulfone groups is 1. The van der Waals surface area contributed by atoms with Crippen LogP contribution in [0.4, 0.5) is 0 Å². The summed E-state index contributed by atoms with van der Waals surface area (Å²) in [7, 11) is -2.99. The van der Waals surface area contributed by atoms with Gasteiger partial charge >= 0.3 is 0 Å². The van der Waals surface area contributed by atoms with Crippen LogP contribution in [-0.2, 0) is 9.84 Å². The molecule has 0 spiro atoms. The molecule has 100 valence electrons. The van der Waals surface area contributed by atoms with Crippen LogP contribution in [0.1, 0.15) is 35.7 Å². The van der Waals surface area contributed by atoms with Gasteiger partial charge in [-0.25, -0.2) is 8.42 Å². The maximum Gasteiger partial charge on any atom is 0.163 e. The molecule has 3 nitrogen and oxygen atoms in total. The second-order valence-corrected chi connectivity index (χ2v) is 7.13. The van der Waals surface area contributed by atoms with Crippen molar-refractivity contribution >= 4 is 27.2 Å². The van der Waals surface area contributed by atoms with Crippen molar-refractivity contribution < 1.29 is 13.2 Å². The Labute approximate surface area is 113 Å². The molecule has 18 heavy (non-hydrogen) atoms. The largest absolute Gasteiger partial charge is 0.294 e. The van der Waals surface area contributed by atoms with Crippen LogP contribution in [-0.4, -0.2) is 25.7 Å². The fourth-order valence-electron chi connectivity index (χ4n) is 1.63. The number of aryl methyl sites for hydroxylation is 1. The van der Waals surface area contributed by atoms with Crippen LogP contribution in [0.5, 0.6) is 0 Å². The van der Waals surface area contributed by atoms with Gasteiger partial charge in [0.1, 0.15) is 9.84 Å². The van der Waals surface area contributed by atoms with Gasteiger partial charge in [0.05, 0.1) is 5.75 Å². The molecule has 0 saturated carbocycles. The zero-order valence-electron chi connectivity index (χ0n) is 10.6. The van der Waals surface area contributed by atoms with E-state index in [1.54, 1.807) is 25.1 Å². The fourth-order valence-corrected chi connectivity index (χ4v) is 2.67. The van der Waals surface area contributed by atoms with Crippen molar-refractivity contribution in [2.24, 2.45) is 0 Å². The second kappa shape index (κ2) is 6.34. The van der Waals surface area contributed by atoms with Gasteiger partial charge in [0.2, 0.25) is 0 Å². The van der Waals surface area contributed by atoms with E-state index in [0.717, 1.165) is 5.56 Å². The average molecular weight is 289 g/mol. The van der Waals surface area contributed by atoms with E-state index in [9.17, 15) is 13.2 Å². The SMILES string of the molecule is CCS(=O)(=O)CCCC(=O)c1cc(Cl)ccc1C. The Hall–Kier alpha value is -0.870. The molecule has 0 amide bonds. The molecule has 0 aliphatic heterocycles. The Morgan fingerprint density at radius 2 is 2.00 bits per heavy atom. The number of halogens is 1. The first kappa shape index (κ1) is 15.2. The minimum atomic E-state index is -2.99. The summed E-state index contributed by atoms with van der Waals surface area (Å²) in [4.78, 5) is 11.9. The third kappa shape index (κ3) is 4.42. The normalized spacial score (nSPS) is 11.5. The van der Waals surface area contributed by atoms with Gasteiger partial charge in [0, 0.05) is 22.8 Å². The molecule has 0 atom stereocenters. The van der Waals surface area contributed by atoms with Gasteiger partial charge in [-0.1, -0.05) is 24.6 Å². The van der Waals surface area contributed by atoms with E-state index in [1.165, 1.54) is 0 Å². The molecule has 0 fully saturated rings. The highest BCUT2D eigenvalue weighted by atomic mass is 35.5. The van der Waals surface area contributed by atoms with Crippen LogP contribution in [0.25, 0.3) is 0 Å². The van der Waals surface area contributed by atoms with Crippen LogP contribution < -0.4 is 0 Å². The van der Waals surface area contributed by atoms with E-state index in [2.05, 4.69) is 0 Å². The Morgan fingerprint density at radius 1 is 1.33 bits per heavy atom. The van der Waals surface area contributed by atoms with Crippen LogP contribution >= 0.6 is 11.6 Å². The first-order chi connectivity index (χ1) is 8.35. The zero-order valence-corrected chi connectivity index (χ0v) is 12.1.